The predicted octanol–water partition coefficient (Wildman–Crippen LogP) is 8.71. The molecule has 0 saturated carbocycles. The second kappa shape index (κ2) is 8.48. The van der Waals surface area contributed by atoms with Gasteiger partial charge < -0.3 is 0 Å². The Morgan fingerprint density at radius 2 is 1.26 bits per heavy atom. The highest BCUT2D eigenvalue weighted by Crippen LogP contribution is 2.37. The number of fused-ring (bicyclic) bond motifs is 3. The van der Waals surface area contributed by atoms with E-state index < -0.39 is 0 Å². The molecule has 4 aromatic carbocycles. The zero-order valence-electron chi connectivity index (χ0n) is 20.2. The molecule has 0 spiro atoms. The number of rotatable bonds is 3. The van der Waals surface area contributed by atoms with Crippen LogP contribution in [0.1, 0.15) is 16.7 Å². The van der Waals surface area contributed by atoms with E-state index in [1.807, 2.05) is 18.5 Å². The van der Waals surface area contributed by atoms with Gasteiger partial charge in [-0.05, 0) is 101 Å². The molecule has 0 atom stereocenters. The van der Waals surface area contributed by atoms with Gasteiger partial charge in [-0.2, -0.15) is 0 Å². The summed E-state index contributed by atoms with van der Waals surface area (Å²) < 4.78 is 0. The molecular weight excluding hydrogens is 424 g/mol. The number of aromatic nitrogens is 2. The van der Waals surface area contributed by atoms with Crippen LogP contribution in [0, 0.1) is 20.8 Å². The van der Waals surface area contributed by atoms with Crippen molar-refractivity contribution in [3.8, 4) is 33.5 Å². The Balaban J connectivity index is 1.51. The molecule has 2 heteroatoms. The highest BCUT2D eigenvalue weighted by molar-refractivity contribution is 6.12. The van der Waals surface area contributed by atoms with Crippen molar-refractivity contribution in [2.45, 2.75) is 20.8 Å². The van der Waals surface area contributed by atoms with Gasteiger partial charge in [0.15, 0.2) is 0 Å². The maximum absolute atomic E-state index is 4.70. The van der Waals surface area contributed by atoms with Gasteiger partial charge in [-0.15, -0.1) is 0 Å². The molecule has 2 aromatic heterocycles. The third kappa shape index (κ3) is 3.77. The molecule has 0 saturated heterocycles. The fourth-order valence-corrected chi connectivity index (χ4v) is 4.90. The van der Waals surface area contributed by atoms with Crippen LogP contribution < -0.4 is 0 Å². The molecule has 6 aromatic rings. The van der Waals surface area contributed by atoms with Crippen LogP contribution in [0.15, 0.2) is 103 Å². The van der Waals surface area contributed by atoms with E-state index in [1.54, 1.807) is 0 Å². The van der Waals surface area contributed by atoms with Gasteiger partial charge in [0, 0.05) is 23.3 Å². The average molecular weight is 451 g/mol. The van der Waals surface area contributed by atoms with Crippen molar-refractivity contribution in [1.29, 1.82) is 0 Å². The summed E-state index contributed by atoms with van der Waals surface area (Å²) in [6, 6.07) is 32.7. The zero-order valence-corrected chi connectivity index (χ0v) is 20.2. The molecule has 0 amide bonds. The number of hydrogen-bond donors (Lipinski definition) is 0. The number of aryl methyl sites for hydroxylation is 3. The van der Waals surface area contributed by atoms with Crippen LogP contribution in [0.4, 0.5) is 0 Å². The minimum atomic E-state index is 1.01. The predicted molar refractivity (Wildman–Crippen MR) is 148 cm³/mol. The maximum Gasteiger partial charge on any atom is 0.0714 e. The van der Waals surface area contributed by atoms with Crippen LogP contribution in [-0.2, 0) is 0 Å². The molecular formula is C33H26N2. The first kappa shape index (κ1) is 21.2. The molecule has 0 bridgehead atoms. The Morgan fingerprint density at radius 3 is 2.09 bits per heavy atom. The van der Waals surface area contributed by atoms with Crippen molar-refractivity contribution >= 4 is 21.7 Å². The number of hydrogen-bond acceptors (Lipinski definition) is 2. The minimum Gasteiger partial charge on any atom is -0.256 e. The van der Waals surface area contributed by atoms with Crippen molar-refractivity contribution in [2.24, 2.45) is 0 Å². The van der Waals surface area contributed by atoms with E-state index in [9.17, 15) is 0 Å². The first-order valence-corrected chi connectivity index (χ1v) is 12.0. The molecule has 0 radical (unpaired) electrons. The Kier molecular flexibility index (Phi) is 5.15. The first-order chi connectivity index (χ1) is 17.1. The van der Waals surface area contributed by atoms with E-state index in [2.05, 4.69) is 111 Å². The monoisotopic (exact) mass is 450 g/mol. The Morgan fingerprint density at radius 1 is 0.486 bits per heavy atom. The fourth-order valence-electron chi connectivity index (χ4n) is 4.90. The summed E-state index contributed by atoms with van der Waals surface area (Å²) in [5.41, 5.74) is 11.7. The van der Waals surface area contributed by atoms with Crippen LogP contribution in [0.5, 0.6) is 0 Å². The summed E-state index contributed by atoms with van der Waals surface area (Å²) in [5, 5.41) is 3.67. The summed E-state index contributed by atoms with van der Waals surface area (Å²) in [6.45, 7) is 6.42. The van der Waals surface area contributed by atoms with Crippen LogP contribution in [0.2, 0.25) is 0 Å². The van der Waals surface area contributed by atoms with Gasteiger partial charge in [-0.1, -0.05) is 60.7 Å². The largest absolute Gasteiger partial charge is 0.256 e. The average Bonchev–Trinajstić information content (AvgIpc) is 2.90. The second-order valence-electron chi connectivity index (χ2n) is 9.30. The van der Waals surface area contributed by atoms with Crippen molar-refractivity contribution in [3.05, 3.63) is 120 Å². The standard InChI is InChI=1S/C33H26N2/c1-21-13-14-26(32-16-22(2)23(3)20-35-32)18-30(21)24-8-6-9-25(17-24)31-19-33-29(12-7-15-34-33)27-10-4-5-11-28(27)31/h4-20H,1-3H3. The molecule has 2 nitrogen and oxygen atoms in total. The van der Waals surface area contributed by atoms with Gasteiger partial charge in [0.1, 0.15) is 0 Å². The van der Waals surface area contributed by atoms with E-state index in [1.165, 1.54) is 55.1 Å². The molecule has 168 valence electrons. The lowest BCUT2D eigenvalue weighted by Crippen LogP contribution is -1.91. The third-order valence-electron chi connectivity index (χ3n) is 7.02. The van der Waals surface area contributed by atoms with Crippen LogP contribution in [-0.4, -0.2) is 9.97 Å². The van der Waals surface area contributed by atoms with Gasteiger partial charge in [0.25, 0.3) is 0 Å². The zero-order chi connectivity index (χ0) is 23.9. The SMILES string of the molecule is Cc1cnc(-c2ccc(C)c(-c3cccc(-c4cc5ncccc5c5ccccc45)c3)c2)cc1C. The Bertz CT molecular complexity index is 1730. The molecule has 0 aliphatic rings. The molecule has 0 aliphatic carbocycles. The van der Waals surface area contributed by atoms with Gasteiger partial charge in [-0.25, -0.2) is 0 Å². The summed E-state index contributed by atoms with van der Waals surface area (Å²) in [7, 11) is 0. The summed E-state index contributed by atoms with van der Waals surface area (Å²) in [5.74, 6) is 0. The van der Waals surface area contributed by atoms with E-state index in [0.29, 0.717) is 0 Å². The lowest BCUT2D eigenvalue weighted by molar-refractivity contribution is 1.22. The smallest absolute Gasteiger partial charge is 0.0714 e. The second-order valence-corrected chi connectivity index (χ2v) is 9.30. The topological polar surface area (TPSA) is 25.8 Å². The molecule has 6 rings (SSSR count). The highest BCUT2D eigenvalue weighted by atomic mass is 14.7. The van der Waals surface area contributed by atoms with Gasteiger partial charge in [-0.3, -0.25) is 9.97 Å². The molecule has 0 N–H and O–H groups in total. The number of nitrogens with zero attached hydrogens (tertiary/aromatic N) is 2. The Hall–Kier alpha value is -4.30. The van der Waals surface area contributed by atoms with Crippen molar-refractivity contribution in [2.75, 3.05) is 0 Å². The normalized spacial score (nSPS) is 11.3. The van der Waals surface area contributed by atoms with E-state index >= 15 is 0 Å². The van der Waals surface area contributed by atoms with Gasteiger partial charge in [0.2, 0.25) is 0 Å². The van der Waals surface area contributed by atoms with Crippen LogP contribution in [0.3, 0.4) is 0 Å². The Labute approximate surface area is 206 Å². The summed E-state index contributed by atoms with van der Waals surface area (Å²) in [6.07, 6.45) is 3.83. The van der Waals surface area contributed by atoms with Crippen molar-refractivity contribution in [1.82, 2.24) is 9.97 Å². The van der Waals surface area contributed by atoms with E-state index in [0.717, 1.165) is 16.8 Å². The van der Waals surface area contributed by atoms with E-state index in [-0.39, 0.29) is 0 Å². The number of pyridine rings is 2. The van der Waals surface area contributed by atoms with Crippen molar-refractivity contribution in [3.63, 3.8) is 0 Å². The van der Waals surface area contributed by atoms with Crippen LogP contribution in [0.25, 0.3) is 55.2 Å². The van der Waals surface area contributed by atoms with Crippen LogP contribution >= 0.6 is 0 Å². The summed E-state index contributed by atoms with van der Waals surface area (Å²) >= 11 is 0. The highest BCUT2D eigenvalue weighted by Gasteiger charge is 2.12. The molecule has 35 heavy (non-hydrogen) atoms. The molecule has 2 heterocycles. The molecule has 0 fully saturated rings. The lowest BCUT2D eigenvalue weighted by Gasteiger charge is -2.14. The number of benzene rings is 4. The van der Waals surface area contributed by atoms with Crippen molar-refractivity contribution < 1.29 is 0 Å². The van der Waals surface area contributed by atoms with Gasteiger partial charge >= 0.3 is 0 Å². The quantitative estimate of drug-likeness (QED) is 0.252. The minimum absolute atomic E-state index is 1.01. The van der Waals surface area contributed by atoms with E-state index in [4.69, 9.17) is 4.98 Å². The summed E-state index contributed by atoms with van der Waals surface area (Å²) in [4.78, 5) is 9.36. The fraction of sp³-hybridized carbons (Fsp3) is 0.0909. The maximum atomic E-state index is 4.70. The molecule has 0 unspecified atom stereocenters. The molecule has 0 aliphatic heterocycles. The lowest BCUT2D eigenvalue weighted by atomic mass is 9.91. The first-order valence-electron chi connectivity index (χ1n) is 12.0. The van der Waals surface area contributed by atoms with Gasteiger partial charge in [0.05, 0.1) is 11.2 Å². The third-order valence-corrected chi connectivity index (χ3v) is 7.02.